The van der Waals surface area contributed by atoms with Gasteiger partial charge in [0.1, 0.15) is 12.4 Å². The second kappa shape index (κ2) is 9.82. The first-order valence-electron chi connectivity index (χ1n) is 9.43. The molecule has 0 aromatic heterocycles. The smallest absolute Gasteiger partial charge is 0.130 e. The van der Waals surface area contributed by atoms with Crippen molar-refractivity contribution in [3.8, 4) is 16.9 Å². The summed E-state index contributed by atoms with van der Waals surface area (Å²) in [5.41, 5.74) is 4.13. The molecule has 0 aliphatic rings. The molecule has 0 bridgehead atoms. The first kappa shape index (κ1) is 19.8. The monoisotopic (exact) mass is 398 g/mol. The van der Waals surface area contributed by atoms with Crippen LogP contribution in [0.15, 0.2) is 66.7 Å². The van der Waals surface area contributed by atoms with Gasteiger partial charge < -0.3 is 4.74 Å². The molecule has 3 rings (SSSR count). The molecular weight excluding hydrogens is 375 g/mol. The molecule has 3 aromatic rings. The summed E-state index contributed by atoms with van der Waals surface area (Å²) in [4.78, 5) is 0. The third-order valence-electron chi connectivity index (χ3n) is 4.60. The van der Waals surface area contributed by atoms with Crippen LogP contribution in [0.4, 0.5) is 0 Å². The molecule has 0 N–H and O–H groups in total. The molecule has 3 heteroatoms. The molecule has 1 nitrogen and oxygen atoms in total. The summed E-state index contributed by atoms with van der Waals surface area (Å²) >= 11 is 13.0. The molecule has 0 saturated heterocycles. The number of benzene rings is 3. The first-order valence-corrected chi connectivity index (χ1v) is 10.2. The molecule has 0 unspecified atom stereocenters. The summed E-state index contributed by atoms with van der Waals surface area (Å²) in [5, 5.41) is 1.27. The molecule has 140 valence electrons. The van der Waals surface area contributed by atoms with Crippen LogP contribution in [0.5, 0.6) is 5.75 Å². The second-order valence-corrected chi connectivity index (χ2v) is 7.44. The van der Waals surface area contributed by atoms with Gasteiger partial charge in [-0.3, -0.25) is 0 Å². The molecule has 0 atom stereocenters. The van der Waals surface area contributed by atoms with Crippen LogP contribution in [0.2, 0.25) is 10.0 Å². The highest BCUT2D eigenvalue weighted by Gasteiger charge is 2.17. The van der Waals surface area contributed by atoms with Gasteiger partial charge in [-0.15, -0.1) is 0 Å². The molecule has 0 heterocycles. The summed E-state index contributed by atoms with van der Waals surface area (Å²) in [5.74, 6) is 0.882. The van der Waals surface area contributed by atoms with Crippen molar-refractivity contribution in [2.75, 3.05) is 0 Å². The van der Waals surface area contributed by atoms with E-state index in [0.29, 0.717) is 16.7 Å². The molecule has 0 amide bonds. The lowest BCUT2D eigenvalue weighted by Crippen LogP contribution is -2.01. The minimum absolute atomic E-state index is 0.515. The van der Waals surface area contributed by atoms with E-state index in [9.17, 15) is 0 Å². The maximum Gasteiger partial charge on any atom is 0.130 e. The number of rotatable bonds is 8. The lowest BCUT2D eigenvalue weighted by atomic mass is 9.98. The van der Waals surface area contributed by atoms with E-state index in [1.807, 2.05) is 42.5 Å². The van der Waals surface area contributed by atoms with Crippen molar-refractivity contribution in [1.82, 2.24) is 0 Å². The van der Waals surface area contributed by atoms with Gasteiger partial charge in [0.25, 0.3) is 0 Å². The minimum atomic E-state index is 0.515. The zero-order chi connectivity index (χ0) is 19.1. The van der Waals surface area contributed by atoms with Gasteiger partial charge in [0, 0.05) is 11.1 Å². The summed E-state index contributed by atoms with van der Waals surface area (Å²) < 4.78 is 6.33. The Kier molecular flexibility index (Phi) is 7.20. The van der Waals surface area contributed by atoms with Crippen LogP contribution in [0.25, 0.3) is 11.1 Å². The Hall–Kier alpha value is -1.96. The van der Waals surface area contributed by atoms with Gasteiger partial charge in [0.15, 0.2) is 0 Å². The topological polar surface area (TPSA) is 9.23 Å². The van der Waals surface area contributed by atoms with Gasteiger partial charge in [-0.25, -0.2) is 0 Å². The molecule has 27 heavy (non-hydrogen) atoms. The van der Waals surface area contributed by atoms with Gasteiger partial charge in [-0.2, -0.15) is 0 Å². The summed E-state index contributed by atoms with van der Waals surface area (Å²) in [6, 6.07) is 22.0. The first-order chi connectivity index (χ1) is 13.2. The average molecular weight is 399 g/mol. The predicted octanol–water partition coefficient (Wildman–Crippen LogP) is 7.97. The quantitative estimate of drug-likeness (QED) is 0.349. The van der Waals surface area contributed by atoms with E-state index in [-0.39, 0.29) is 0 Å². The molecule has 0 aliphatic heterocycles. The van der Waals surface area contributed by atoms with Crippen LogP contribution in [-0.4, -0.2) is 0 Å². The fourth-order valence-electron chi connectivity index (χ4n) is 3.20. The molecule has 0 fully saturated rings. The van der Waals surface area contributed by atoms with Crippen LogP contribution in [0.1, 0.15) is 37.3 Å². The highest BCUT2D eigenvalue weighted by Crippen LogP contribution is 2.42. The van der Waals surface area contributed by atoms with Gasteiger partial charge in [-0.05, 0) is 36.1 Å². The Morgan fingerprint density at radius 2 is 1.48 bits per heavy atom. The lowest BCUT2D eigenvalue weighted by Gasteiger charge is -2.18. The van der Waals surface area contributed by atoms with Crippen molar-refractivity contribution in [2.45, 2.75) is 39.2 Å². The van der Waals surface area contributed by atoms with E-state index in [4.69, 9.17) is 27.9 Å². The number of hydrogen-bond donors (Lipinski definition) is 0. The van der Waals surface area contributed by atoms with Crippen molar-refractivity contribution >= 4 is 23.2 Å². The van der Waals surface area contributed by atoms with Crippen LogP contribution in [0.3, 0.4) is 0 Å². The van der Waals surface area contributed by atoms with Gasteiger partial charge in [-0.1, -0.05) is 97.6 Å². The molecule has 0 saturated carbocycles. The van der Waals surface area contributed by atoms with E-state index in [2.05, 4.69) is 31.2 Å². The zero-order valence-electron chi connectivity index (χ0n) is 15.6. The summed E-state index contributed by atoms with van der Waals surface area (Å²) in [7, 11) is 0. The Bertz CT molecular complexity index is 855. The Labute approximate surface area is 171 Å². The minimum Gasteiger partial charge on any atom is -0.488 e. The largest absolute Gasteiger partial charge is 0.488 e. The van der Waals surface area contributed by atoms with Gasteiger partial charge >= 0.3 is 0 Å². The SMILES string of the molecule is CCCCCc1cccc(-c2c(Cl)cccc2Cl)c1OCc1ccccc1. The van der Waals surface area contributed by atoms with Crippen LogP contribution < -0.4 is 4.74 Å². The Balaban J connectivity index is 2.00. The third kappa shape index (κ3) is 5.06. The number of aryl methyl sites for hydroxylation is 1. The van der Waals surface area contributed by atoms with Crippen molar-refractivity contribution in [3.63, 3.8) is 0 Å². The molecular formula is C24H24Cl2O. The molecule has 0 aliphatic carbocycles. The van der Waals surface area contributed by atoms with Gasteiger partial charge in [0.05, 0.1) is 10.0 Å². The fourth-order valence-corrected chi connectivity index (χ4v) is 3.80. The van der Waals surface area contributed by atoms with E-state index >= 15 is 0 Å². The van der Waals surface area contributed by atoms with Crippen LogP contribution in [-0.2, 0) is 13.0 Å². The van der Waals surface area contributed by atoms with Gasteiger partial charge in [0.2, 0.25) is 0 Å². The van der Waals surface area contributed by atoms with Crippen molar-refractivity contribution in [1.29, 1.82) is 0 Å². The van der Waals surface area contributed by atoms with E-state index in [1.165, 1.54) is 18.4 Å². The Morgan fingerprint density at radius 1 is 0.778 bits per heavy atom. The van der Waals surface area contributed by atoms with E-state index < -0.39 is 0 Å². The summed E-state index contributed by atoms with van der Waals surface area (Å²) in [6.07, 6.45) is 4.51. The molecule has 0 spiro atoms. The van der Waals surface area contributed by atoms with Crippen LogP contribution >= 0.6 is 23.2 Å². The van der Waals surface area contributed by atoms with Crippen molar-refractivity contribution < 1.29 is 4.74 Å². The number of ether oxygens (including phenoxy) is 1. The third-order valence-corrected chi connectivity index (χ3v) is 5.23. The lowest BCUT2D eigenvalue weighted by molar-refractivity contribution is 0.304. The van der Waals surface area contributed by atoms with Crippen LogP contribution in [0, 0.1) is 0 Å². The maximum atomic E-state index is 6.49. The normalized spacial score (nSPS) is 10.8. The fraction of sp³-hybridized carbons (Fsp3) is 0.250. The maximum absolute atomic E-state index is 6.49. The number of para-hydroxylation sites is 1. The highest BCUT2D eigenvalue weighted by atomic mass is 35.5. The molecule has 0 radical (unpaired) electrons. The van der Waals surface area contributed by atoms with Crippen molar-refractivity contribution in [3.05, 3.63) is 87.9 Å². The van der Waals surface area contributed by atoms with E-state index in [1.54, 1.807) is 0 Å². The standard InChI is InChI=1S/C24H24Cl2O/c1-2-3-5-12-19-13-8-14-20(23-21(25)15-9-16-22(23)26)24(19)27-17-18-10-6-4-7-11-18/h4,6-11,13-16H,2-3,5,12,17H2,1H3. The summed E-state index contributed by atoms with van der Waals surface area (Å²) in [6.45, 7) is 2.73. The average Bonchev–Trinajstić information content (AvgIpc) is 2.68. The number of unbranched alkanes of at least 4 members (excludes halogenated alkanes) is 2. The number of halogens is 2. The molecule has 3 aromatic carbocycles. The second-order valence-electron chi connectivity index (χ2n) is 6.62. The van der Waals surface area contributed by atoms with Crippen molar-refractivity contribution in [2.24, 2.45) is 0 Å². The van der Waals surface area contributed by atoms with E-state index in [0.717, 1.165) is 35.3 Å². The Morgan fingerprint density at radius 3 is 2.19 bits per heavy atom. The zero-order valence-corrected chi connectivity index (χ0v) is 17.1. The highest BCUT2D eigenvalue weighted by molar-refractivity contribution is 6.39. The predicted molar refractivity (Wildman–Crippen MR) is 116 cm³/mol. The number of hydrogen-bond acceptors (Lipinski definition) is 1.